The minimum atomic E-state index is -0.668. The van der Waals surface area contributed by atoms with Crippen molar-refractivity contribution in [1.29, 1.82) is 0 Å². The molecule has 8 nitrogen and oxygen atoms in total. The van der Waals surface area contributed by atoms with Crippen molar-refractivity contribution in [3.63, 3.8) is 0 Å². The summed E-state index contributed by atoms with van der Waals surface area (Å²) in [5.74, 6) is -0.601. The van der Waals surface area contributed by atoms with Gasteiger partial charge in [-0.2, -0.15) is 0 Å². The van der Waals surface area contributed by atoms with Crippen LogP contribution in [0, 0.1) is 11.8 Å². The van der Waals surface area contributed by atoms with Gasteiger partial charge in [-0.3, -0.25) is 14.4 Å². The summed E-state index contributed by atoms with van der Waals surface area (Å²) in [6, 6.07) is 6.87. The smallest absolute Gasteiger partial charge is 0.247 e. The van der Waals surface area contributed by atoms with E-state index < -0.39 is 27.4 Å². The number of carbonyl (C=O) groups excluding carboxylic acids is 3. The molecule has 3 unspecified atom stereocenters. The molecule has 3 saturated heterocycles. The number of aliphatic hydroxyl groups excluding tert-OH is 1. The third-order valence-electron chi connectivity index (χ3n) is 9.97. The van der Waals surface area contributed by atoms with Gasteiger partial charge in [-0.25, -0.2) is 0 Å². The maximum atomic E-state index is 14.7. The van der Waals surface area contributed by atoms with E-state index in [-0.39, 0.29) is 30.4 Å². The number of aliphatic hydroxyl groups is 1. The second-order valence-electron chi connectivity index (χ2n) is 13.0. The summed E-state index contributed by atoms with van der Waals surface area (Å²) in [4.78, 5) is 49.5. The molecule has 0 saturated carbocycles. The summed E-state index contributed by atoms with van der Waals surface area (Å²) in [5, 5.41) is 9.26. The van der Waals surface area contributed by atoms with Crippen molar-refractivity contribution in [2.45, 2.75) is 101 Å². The lowest BCUT2D eigenvalue weighted by atomic mass is 9.66. The van der Waals surface area contributed by atoms with Gasteiger partial charge in [0.15, 0.2) is 0 Å². The average Bonchev–Trinajstić information content (AvgIpc) is 3.59. The number of nitrogens with zero attached hydrogens (tertiary/aromatic N) is 3. The predicted octanol–water partition coefficient (Wildman–Crippen LogP) is 5.84. The molecule has 3 fully saturated rings. The molecule has 45 heavy (non-hydrogen) atoms. The number of anilines is 1. The normalized spacial score (nSPS) is 27.3. The number of hydrogen-bond donors (Lipinski definition) is 1. The van der Waals surface area contributed by atoms with Gasteiger partial charge in [-0.15, -0.1) is 24.9 Å². The first kappa shape index (κ1) is 35.1. The highest BCUT2D eigenvalue weighted by Gasteiger charge is 2.77. The third-order valence-corrected chi connectivity index (χ3v) is 12.0. The minimum absolute atomic E-state index is 0.0109. The first-order valence-corrected chi connectivity index (χ1v) is 17.6. The van der Waals surface area contributed by atoms with Crippen molar-refractivity contribution >= 4 is 35.2 Å². The van der Waals surface area contributed by atoms with Gasteiger partial charge in [0, 0.05) is 42.7 Å². The zero-order valence-corrected chi connectivity index (χ0v) is 28.5. The van der Waals surface area contributed by atoms with Crippen LogP contribution < -0.4 is 9.64 Å². The van der Waals surface area contributed by atoms with E-state index in [4.69, 9.17) is 4.74 Å². The summed E-state index contributed by atoms with van der Waals surface area (Å²) >= 11 is 1.72. The second kappa shape index (κ2) is 15.2. The molecule has 6 atom stereocenters. The maximum absolute atomic E-state index is 14.7. The molecule has 0 aromatic heterocycles. The Bertz CT molecular complexity index is 1220. The fraction of sp³-hybridized carbons (Fsp3) is 0.639. The number of benzene rings is 1. The summed E-state index contributed by atoms with van der Waals surface area (Å²) in [5.41, 5.74) is 0.734. The van der Waals surface area contributed by atoms with Crippen LogP contribution in [0.15, 0.2) is 49.6 Å². The summed E-state index contributed by atoms with van der Waals surface area (Å²) in [6.07, 6.45) is 9.99. The van der Waals surface area contributed by atoms with E-state index in [1.54, 1.807) is 28.8 Å². The second-order valence-corrected chi connectivity index (χ2v) is 14.9. The topological polar surface area (TPSA) is 90.4 Å². The van der Waals surface area contributed by atoms with Crippen molar-refractivity contribution in [1.82, 2.24) is 9.80 Å². The summed E-state index contributed by atoms with van der Waals surface area (Å²) in [7, 11) is 0. The van der Waals surface area contributed by atoms with Crippen LogP contribution in [0.2, 0.25) is 0 Å². The van der Waals surface area contributed by atoms with E-state index >= 15 is 0 Å². The average molecular weight is 640 g/mol. The fourth-order valence-electron chi connectivity index (χ4n) is 7.93. The van der Waals surface area contributed by atoms with Crippen LogP contribution in [0.4, 0.5) is 5.69 Å². The van der Waals surface area contributed by atoms with Crippen molar-refractivity contribution in [3.8, 4) is 5.75 Å². The van der Waals surface area contributed by atoms with Gasteiger partial charge in [0.25, 0.3) is 0 Å². The maximum Gasteiger partial charge on any atom is 0.247 e. The number of amides is 3. The van der Waals surface area contributed by atoms with E-state index in [2.05, 4.69) is 33.9 Å². The monoisotopic (exact) mass is 639 g/mol. The zero-order valence-electron chi connectivity index (χ0n) is 27.7. The molecule has 3 amide bonds. The highest BCUT2D eigenvalue weighted by Crippen LogP contribution is 2.71. The molecule has 0 aliphatic carbocycles. The molecule has 9 heteroatoms. The van der Waals surface area contributed by atoms with Crippen LogP contribution in [0.25, 0.3) is 0 Å². The van der Waals surface area contributed by atoms with Crippen molar-refractivity contribution in [2.75, 3.05) is 37.7 Å². The predicted molar refractivity (Wildman–Crippen MR) is 182 cm³/mol. The number of likely N-dealkylation sites (tertiary alicyclic amines) is 1. The number of hydrogen-bond acceptors (Lipinski definition) is 6. The third kappa shape index (κ3) is 6.71. The van der Waals surface area contributed by atoms with Gasteiger partial charge < -0.3 is 24.5 Å². The van der Waals surface area contributed by atoms with E-state index in [1.807, 2.05) is 41.0 Å². The number of thioether (sulfide) groups is 1. The van der Waals surface area contributed by atoms with Gasteiger partial charge in [0.2, 0.25) is 17.7 Å². The number of rotatable bonds is 18. The molecule has 1 N–H and O–H groups in total. The molecule has 3 aliphatic rings. The Morgan fingerprint density at radius 1 is 1.09 bits per heavy atom. The number of unbranched alkanes of at least 4 members (excludes halogenated alkanes) is 3. The van der Waals surface area contributed by atoms with E-state index in [1.165, 1.54) is 0 Å². The lowest BCUT2D eigenvalue weighted by Gasteiger charge is -2.39. The van der Waals surface area contributed by atoms with Gasteiger partial charge in [0.05, 0.1) is 23.2 Å². The fourth-order valence-corrected chi connectivity index (χ4v) is 10.3. The quantitative estimate of drug-likeness (QED) is 0.160. The number of ether oxygens (including phenoxy) is 1. The Hall–Kier alpha value is -2.78. The van der Waals surface area contributed by atoms with Crippen LogP contribution in [0.1, 0.15) is 79.1 Å². The van der Waals surface area contributed by atoms with Crippen LogP contribution in [-0.2, 0) is 14.4 Å². The lowest BCUT2D eigenvalue weighted by molar-refractivity contribution is -0.144. The highest BCUT2D eigenvalue weighted by molar-refractivity contribution is 8.02. The standard InChI is InChI=1S/C36H53N3O5S/c1-7-15-26(5)37(22-8-2)34(43)31-36-21-20-35(6,45-36)29(30(36)33(42)39(31)24-13-11-12-14-25-40)32(41)38(23-9-3)27-16-18-28(19-17-27)44-10-4/h8-9,16-19,26,29-31,40H,2-3,7,10-15,20-25H2,1,4-6H3/t26?,29-,30-,31?,35+,36?/m0/s1. The molecular formula is C36H53N3O5S. The molecule has 1 aromatic carbocycles. The van der Waals surface area contributed by atoms with Crippen LogP contribution in [0.3, 0.4) is 0 Å². The van der Waals surface area contributed by atoms with Gasteiger partial charge in [-0.1, -0.05) is 38.3 Å². The Kier molecular flexibility index (Phi) is 11.9. The van der Waals surface area contributed by atoms with Crippen LogP contribution >= 0.6 is 11.8 Å². The molecule has 1 aromatic rings. The van der Waals surface area contributed by atoms with E-state index in [9.17, 15) is 19.5 Å². The van der Waals surface area contributed by atoms with Gasteiger partial charge in [0.1, 0.15) is 11.8 Å². The van der Waals surface area contributed by atoms with Crippen molar-refractivity contribution in [2.24, 2.45) is 11.8 Å². The van der Waals surface area contributed by atoms with Gasteiger partial charge >= 0.3 is 0 Å². The Morgan fingerprint density at radius 3 is 2.40 bits per heavy atom. The van der Waals surface area contributed by atoms with E-state index in [0.29, 0.717) is 26.2 Å². The minimum Gasteiger partial charge on any atom is -0.494 e. The summed E-state index contributed by atoms with van der Waals surface area (Å²) < 4.78 is 4.49. The molecular weight excluding hydrogens is 586 g/mol. The molecule has 3 aliphatic heterocycles. The van der Waals surface area contributed by atoms with Crippen LogP contribution in [-0.4, -0.2) is 87.1 Å². The first-order valence-electron chi connectivity index (χ1n) is 16.8. The largest absolute Gasteiger partial charge is 0.494 e. The molecule has 2 bridgehead atoms. The molecule has 248 valence electrons. The lowest BCUT2D eigenvalue weighted by Crippen LogP contribution is -2.56. The first-order chi connectivity index (χ1) is 21.6. The number of carbonyl (C=O) groups is 3. The molecule has 4 rings (SSSR count). The Balaban J connectivity index is 1.73. The molecule has 0 radical (unpaired) electrons. The molecule has 1 spiro atoms. The van der Waals surface area contributed by atoms with E-state index in [0.717, 1.165) is 62.8 Å². The van der Waals surface area contributed by atoms with Crippen molar-refractivity contribution in [3.05, 3.63) is 49.6 Å². The zero-order chi connectivity index (χ0) is 32.8. The number of fused-ring (bicyclic) bond motifs is 1. The van der Waals surface area contributed by atoms with Gasteiger partial charge in [-0.05, 0) is 77.1 Å². The molecule has 3 heterocycles. The van der Waals surface area contributed by atoms with Crippen LogP contribution in [0.5, 0.6) is 5.75 Å². The highest BCUT2D eigenvalue weighted by atomic mass is 32.2. The SMILES string of the molecule is C=CCN(C(=O)[C@@H]1[C@H]2C(=O)N(CCCCCCO)C(C(=O)N(CC=C)C(C)CCC)C23CC[C@@]1(C)S3)c1ccc(OCC)cc1. The van der Waals surface area contributed by atoms with Crippen molar-refractivity contribution < 1.29 is 24.2 Å². The summed E-state index contributed by atoms with van der Waals surface area (Å²) in [6.45, 7) is 18.0. The Labute approximate surface area is 274 Å². The Morgan fingerprint density at radius 2 is 1.78 bits per heavy atom.